The first-order chi connectivity index (χ1) is 15.5. The predicted octanol–water partition coefficient (Wildman–Crippen LogP) is 3.47. The minimum absolute atomic E-state index is 0.242. The van der Waals surface area contributed by atoms with Crippen LogP contribution in [0.5, 0.6) is 0 Å². The molecule has 164 valence electrons. The Morgan fingerprint density at radius 1 is 1.03 bits per heavy atom. The van der Waals surface area contributed by atoms with E-state index in [0.717, 1.165) is 5.56 Å². The highest BCUT2D eigenvalue weighted by Crippen LogP contribution is 2.19. The number of nitrogens with zero attached hydrogens (tertiary/aromatic N) is 2. The number of imidazole rings is 1. The molecule has 4 rings (SSSR count). The van der Waals surface area contributed by atoms with E-state index in [1.807, 2.05) is 0 Å². The molecule has 0 saturated heterocycles. The maximum atomic E-state index is 13.9. The molecule has 0 saturated carbocycles. The van der Waals surface area contributed by atoms with E-state index in [1.54, 1.807) is 66.3 Å². The van der Waals surface area contributed by atoms with E-state index in [0.29, 0.717) is 41.1 Å². The number of hydrogen-bond acceptors (Lipinski definition) is 4. The van der Waals surface area contributed by atoms with Gasteiger partial charge in [0.25, 0.3) is 5.91 Å². The van der Waals surface area contributed by atoms with Gasteiger partial charge in [0.05, 0.1) is 42.1 Å². The standard InChI is InChI=1S/C24H23FN4O3/c1-32-13-12-28-21-11-10-18(25)14-22(21)29(24(28)31)15-16-6-8-17(9-7-16)23(30)27-20-5-3-2-4-19(20)26/h2-11,14H,12-13,15,26H2,1H3,(H,27,30). The number of nitrogens with one attached hydrogen (secondary N) is 1. The molecule has 0 atom stereocenters. The van der Waals surface area contributed by atoms with Gasteiger partial charge in [-0.15, -0.1) is 0 Å². The van der Waals surface area contributed by atoms with Gasteiger partial charge in [-0.3, -0.25) is 13.9 Å². The summed E-state index contributed by atoms with van der Waals surface area (Å²) >= 11 is 0. The molecular weight excluding hydrogens is 411 g/mol. The van der Waals surface area contributed by atoms with Gasteiger partial charge in [-0.2, -0.15) is 0 Å². The number of hydrogen-bond donors (Lipinski definition) is 2. The highest BCUT2D eigenvalue weighted by Gasteiger charge is 2.15. The number of rotatable bonds is 7. The molecule has 7 nitrogen and oxygen atoms in total. The van der Waals surface area contributed by atoms with Gasteiger partial charge in [-0.05, 0) is 48.0 Å². The summed E-state index contributed by atoms with van der Waals surface area (Å²) in [6.45, 7) is 0.977. The molecule has 32 heavy (non-hydrogen) atoms. The van der Waals surface area contributed by atoms with Crippen LogP contribution in [0.4, 0.5) is 15.8 Å². The number of carbonyl (C=O) groups is 1. The first-order valence-corrected chi connectivity index (χ1v) is 10.1. The number of nitrogens with two attached hydrogens (primary N) is 1. The Bertz CT molecular complexity index is 1330. The van der Waals surface area contributed by atoms with E-state index in [9.17, 15) is 14.0 Å². The van der Waals surface area contributed by atoms with Crippen LogP contribution in [0.15, 0.2) is 71.5 Å². The number of benzene rings is 3. The highest BCUT2D eigenvalue weighted by molar-refractivity contribution is 6.05. The molecule has 1 aromatic heterocycles. The van der Waals surface area contributed by atoms with E-state index < -0.39 is 5.82 Å². The normalized spacial score (nSPS) is 11.1. The monoisotopic (exact) mass is 434 g/mol. The first kappa shape index (κ1) is 21.3. The molecule has 0 spiro atoms. The first-order valence-electron chi connectivity index (χ1n) is 10.1. The maximum Gasteiger partial charge on any atom is 0.329 e. The number of fused-ring (bicyclic) bond motifs is 1. The van der Waals surface area contributed by atoms with Gasteiger partial charge in [0.1, 0.15) is 5.82 Å². The Hall–Kier alpha value is -3.91. The van der Waals surface area contributed by atoms with Crippen molar-refractivity contribution in [1.82, 2.24) is 9.13 Å². The van der Waals surface area contributed by atoms with E-state index in [1.165, 1.54) is 16.7 Å². The van der Waals surface area contributed by atoms with Crippen molar-refractivity contribution < 1.29 is 13.9 Å². The minimum Gasteiger partial charge on any atom is -0.397 e. The summed E-state index contributed by atoms with van der Waals surface area (Å²) in [5.41, 5.74) is 9.06. The van der Waals surface area contributed by atoms with E-state index in [4.69, 9.17) is 10.5 Å². The topological polar surface area (TPSA) is 91.3 Å². The molecule has 0 unspecified atom stereocenters. The lowest BCUT2D eigenvalue weighted by molar-refractivity contribution is 0.102. The molecule has 4 aromatic rings. The second-order valence-corrected chi connectivity index (χ2v) is 7.38. The zero-order valence-electron chi connectivity index (χ0n) is 17.5. The largest absolute Gasteiger partial charge is 0.397 e. The number of methoxy groups -OCH3 is 1. The van der Waals surface area contributed by atoms with Crippen molar-refractivity contribution in [2.24, 2.45) is 0 Å². The summed E-state index contributed by atoms with van der Waals surface area (Å²) in [6, 6.07) is 18.2. The fourth-order valence-corrected chi connectivity index (χ4v) is 3.59. The van der Waals surface area contributed by atoms with Gasteiger partial charge in [-0.25, -0.2) is 9.18 Å². The summed E-state index contributed by atoms with van der Waals surface area (Å²) in [4.78, 5) is 25.5. The van der Waals surface area contributed by atoms with Crippen LogP contribution < -0.4 is 16.7 Å². The van der Waals surface area contributed by atoms with Crippen molar-refractivity contribution in [3.8, 4) is 0 Å². The quantitative estimate of drug-likeness (QED) is 0.436. The van der Waals surface area contributed by atoms with Crippen LogP contribution in [0, 0.1) is 5.82 Å². The number of ether oxygens (including phenoxy) is 1. The van der Waals surface area contributed by atoms with Gasteiger partial charge in [0.2, 0.25) is 0 Å². The summed E-state index contributed by atoms with van der Waals surface area (Å²) in [7, 11) is 1.56. The number of amides is 1. The number of anilines is 2. The molecule has 1 heterocycles. The van der Waals surface area contributed by atoms with Crippen LogP contribution in [0.3, 0.4) is 0 Å². The van der Waals surface area contributed by atoms with Crippen LogP contribution in [0.25, 0.3) is 11.0 Å². The van der Waals surface area contributed by atoms with Crippen molar-refractivity contribution in [2.45, 2.75) is 13.1 Å². The summed E-state index contributed by atoms with van der Waals surface area (Å²) < 4.78 is 22.1. The predicted molar refractivity (Wildman–Crippen MR) is 122 cm³/mol. The third-order valence-corrected chi connectivity index (χ3v) is 5.27. The van der Waals surface area contributed by atoms with E-state index in [2.05, 4.69) is 5.32 Å². The molecule has 0 aliphatic heterocycles. The fraction of sp³-hybridized carbons (Fsp3) is 0.167. The number of aromatic nitrogens is 2. The van der Waals surface area contributed by atoms with Crippen molar-refractivity contribution in [3.05, 3.63) is 94.2 Å². The zero-order valence-corrected chi connectivity index (χ0v) is 17.5. The molecule has 3 aromatic carbocycles. The molecule has 0 aliphatic carbocycles. The molecule has 0 fully saturated rings. The third kappa shape index (κ3) is 4.26. The average molecular weight is 434 g/mol. The Morgan fingerprint density at radius 2 is 1.78 bits per heavy atom. The Balaban J connectivity index is 1.59. The van der Waals surface area contributed by atoms with Crippen molar-refractivity contribution in [1.29, 1.82) is 0 Å². The smallest absolute Gasteiger partial charge is 0.329 e. The van der Waals surface area contributed by atoms with Crippen LogP contribution >= 0.6 is 0 Å². The second-order valence-electron chi connectivity index (χ2n) is 7.38. The van der Waals surface area contributed by atoms with Crippen LogP contribution in [-0.4, -0.2) is 28.8 Å². The lowest BCUT2D eigenvalue weighted by atomic mass is 10.1. The van der Waals surface area contributed by atoms with Crippen molar-refractivity contribution in [3.63, 3.8) is 0 Å². The molecule has 8 heteroatoms. The van der Waals surface area contributed by atoms with Crippen LogP contribution in [0.2, 0.25) is 0 Å². The molecule has 3 N–H and O–H groups in total. The lowest BCUT2D eigenvalue weighted by Gasteiger charge is -2.09. The lowest BCUT2D eigenvalue weighted by Crippen LogP contribution is -2.26. The summed E-state index contributed by atoms with van der Waals surface area (Å²) in [6.07, 6.45) is 0. The third-order valence-electron chi connectivity index (χ3n) is 5.27. The molecule has 0 radical (unpaired) electrons. The van der Waals surface area contributed by atoms with Crippen LogP contribution in [0.1, 0.15) is 15.9 Å². The highest BCUT2D eigenvalue weighted by atomic mass is 19.1. The number of carbonyl (C=O) groups excluding carboxylic acids is 1. The zero-order chi connectivity index (χ0) is 22.7. The Morgan fingerprint density at radius 3 is 2.50 bits per heavy atom. The average Bonchev–Trinajstić information content (AvgIpc) is 3.04. The van der Waals surface area contributed by atoms with Crippen LogP contribution in [-0.2, 0) is 17.8 Å². The van der Waals surface area contributed by atoms with Gasteiger partial charge < -0.3 is 15.8 Å². The van der Waals surface area contributed by atoms with Gasteiger partial charge >= 0.3 is 5.69 Å². The van der Waals surface area contributed by atoms with Crippen molar-refractivity contribution in [2.75, 3.05) is 24.8 Å². The SMILES string of the molecule is COCCn1c(=O)n(Cc2ccc(C(=O)Nc3ccccc3N)cc2)c2cc(F)ccc21. The van der Waals surface area contributed by atoms with Crippen molar-refractivity contribution >= 4 is 28.3 Å². The Labute approximate surface area is 183 Å². The van der Waals surface area contributed by atoms with Gasteiger partial charge in [0, 0.05) is 12.7 Å². The number of halogens is 1. The van der Waals surface area contributed by atoms with Gasteiger partial charge in [0.15, 0.2) is 0 Å². The summed E-state index contributed by atoms with van der Waals surface area (Å²) in [5.74, 6) is -0.702. The van der Waals surface area contributed by atoms with E-state index in [-0.39, 0.29) is 18.1 Å². The number of para-hydroxylation sites is 2. The van der Waals surface area contributed by atoms with Gasteiger partial charge in [-0.1, -0.05) is 24.3 Å². The number of nitrogen functional groups attached to an aromatic ring is 1. The Kier molecular flexibility index (Phi) is 6.04. The molecule has 0 bridgehead atoms. The minimum atomic E-state index is -0.414. The molecule has 1 amide bonds. The van der Waals surface area contributed by atoms with E-state index >= 15 is 0 Å². The maximum absolute atomic E-state index is 13.9. The molecule has 0 aliphatic rings. The second kappa shape index (κ2) is 9.07. The fourth-order valence-electron chi connectivity index (χ4n) is 3.59. The summed E-state index contributed by atoms with van der Waals surface area (Å²) in [5, 5.41) is 2.78. The molecular formula is C24H23FN4O3.